The number of rotatable bonds is 7. The van der Waals surface area contributed by atoms with Gasteiger partial charge in [-0.15, -0.1) is 0 Å². The van der Waals surface area contributed by atoms with Crippen LogP contribution in [0, 0.1) is 11.3 Å². The number of allylic oxidation sites excluding steroid dienone is 1. The van der Waals surface area contributed by atoms with Crippen LogP contribution in [0.15, 0.2) is 60.9 Å². The van der Waals surface area contributed by atoms with E-state index >= 15 is 0 Å². The Labute approximate surface area is 131 Å². The van der Waals surface area contributed by atoms with Gasteiger partial charge in [0.15, 0.2) is 0 Å². The normalized spacial score (nSPS) is 10.7. The lowest BCUT2D eigenvalue weighted by Crippen LogP contribution is -1.86. The van der Waals surface area contributed by atoms with Gasteiger partial charge in [-0.05, 0) is 54.5 Å². The summed E-state index contributed by atoms with van der Waals surface area (Å²) in [6.07, 6.45) is 7.40. The van der Waals surface area contributed by atoms with Crippen molar-refractivity contribution in [3.05, 3.63) is 72.1 Å². The summed E-state index contributed by atoms with van der Waals surface area (Å²) in [7, 11) is 0. The van der Waals surface area contributed by atoms with Crippen LogP contribution in [0.3, 0.4) is 0 Å². The monoisotopic (exact) mass is 293 g/mol. The summed E-state index contributed by atoms with van der Waals surface area (Å²) < 4.78 is 11.8. The molecule has 0 aliphatic rings. The summed E-state index contributed by atoms with van der Waals surface area (Å²) in [6, 6.07) is 18.4. The molecule has 2 heteroatoms. The number of halogens is 1. The number of nitrogens with zero attached hydrogens (tertiary/aromatic N) is 1. The molecule has 0 saturated heterocycles. The molecule has 22 heavy (non-hydrogen) atoms. The van der Waals surface area contributed by atoms with Gasteiger partial charge in [-0.25, -0.2) is 4.39 Å². The SMILES string of the molecule is N#Cc1ccc(-c2ccc(CCCCCC=CF)cc2)cc1. The van der Waals surface area contributed by atoms with E-state index in [-0.39, 0.29) is 0 Å². The number of hydrogen-bond acceptors (Lipinski definition) is 1. The van der Waals surface area contributed by atoms with Crippen LogP contribution in [0.25, 0.3) is 11.1 Å². The van der Waals surface area contributed by atoms with E-state index in [4.69, 9.17) is 5.26 Å². The maximum absolute atomic E-state index is 11.8. The topological polar surface area (TPSA) is 23.8 Å². The largest absolute Gasteiger partial charge is 0.216 e. The Bertz CT molecular complexity index is 633. The molecule has 0 amide bonds. The van der Waals surface area contributed by atoms with Crippen LogP contribution in [-0.2, 0) is 6.42 Å². The van der Waals surface area contributed by atoms with Crippen LogP contribution < -0.4 is 0 Å². The molecule has 0 heterocycles. The smallest absolute Gasteiger partial charge is 0.0991 e. The quantitative estimate of drug-likeness (QED) is 0.591. The zero-order valence-electron chi connectivity index (χ0n) is 12.6. The highest BCUT2D eigenvalue weighted by molar-refractivity contribution is 5.64. The minimum atomic E-state index is 0.627. The Kier molecular flexibility index (Phi) is 6.39. The molecule has 0 saturated carbocycles. The molecular formula is C20H20FN. The Morgan fingerprint density at radius 3 is 2.09 bits per heavy atom. The summed E-state index contributed by atoms with van der Waals surface area (Å²) >= 11 is 0. The lowest BCUT2D eigenvalue weighted by Gasteiger charge is -2.05. The van der Waals surface area contributed by atoms with Gasteiger partial charge in [0.2, 0.25) is 0 Å². The Morgan fingerprint density at radius 2 is 1.50 bits per heavy atom. The van der Waals surface area contributed by atoms with Crippen LogP contribution in [-0.4, -0.2) is 0 Å². The van der Waals surface area contributed by atoms with Crippen molar-refractivity contribution in [1.29, 1.82) is 5.26 Å². The molecule has 1 nitrogen and oxygen atoms in total. The Balaban J connectivity index is 1.86. The number of aryl methyl sites for hydroxylation is 1. The molecule has 0 N–H and O–H groups in total. The van der Waals surface area contributed by atoms with Crippen molar-refractivity contribution in [1.82, 2.24) is 0 Å². The minimum Gasteiger partial charge on any atom is -0.216 e. The first-order chi connectivity index (χ1) is 10.8. The first-order valence-electron chi connectivity index (χ1n) is 7.68. The van der Waals surface area contributed by atoms with E-state index in [0.29, 0.717) is 11.9 Å². The lowest BCUT2D eigenvalue weighted by molar-refractivity contribution is 0.671. The van der Waals surface area contributed by atoms with E-state index < -0.39 is 0 Å². The average Bonchev–Trinajstić information content (AvgIpc) is 2.59. The highest BCUT2D eigenvalue weighted by Crippen LogP contribution is 2.21. The van der Waals surface area contributed by atoms with Crippen molar-refractivity contribution in [3.8, 4) is 17.2 Å². The number of benzene rings is 2. The minimum absolute atomic E-state index is 0.627. The molecule has 0 bridgehead atoms. The molecule has 2 aromatic rings. The van der Waals surface area contributed by atoms with Crippen LogP contribution in [0.1, 0.15) is 36.8 Å². The molecule has 2 rings (SSSR count). The second-order valence-corrected chi connectivity index (χ2v) is 5.35. The van der Waals surface area contributed by atoms with Crippen molar-refractivity contribution >= 4 is 0 Å². The number of nitriles is 1. The fraction of sp³-hybridized carbons (Fsp3) is 0.250. The summed E-state index contributed by atoms with van der Waals surface area (Å²) in [4.78, 5) is 0. The van der Waals surface area contributed by atoms with Gasteiger partial charge < -0.3 is 0 Å². The highest BCUT2D eigenvalue weighted by atomic mass is 19.1. The van der Waals surface area contributed by atoms with Crippen LogP contribution in [0.5, 0.6) is 0 Å². The lowest BCUT2D eigenvalue weighted by atomic mass is 10.0. The Morgan fingerprint density at radius 1 is 0.864 bits per heavy atom. The van der Waals surface area contributed by atoms with Crippen LogP contribution in [0.2, 0.25) is 0 Å². The number of hydrogen-bond donors (Lipinski definition) is 0. The van der Waals surface area contributed by atoms with E-state index in [1.54, 1.807) is 6.08 Å². The van der Waals surface area contributed by atoms with Crippen molar-refractivity contribution in [3.63, 3.8) is 0 Å². The van der Waals surface area contributed by atoms with Crippen LogP contribution in [0.4, 0.5) is 4.39 Å². The standard InChI is InChI=1S/C20H20FN/c21-15-5-3-1-2-4-6-17-7-11-19(12-8-17)20-13-9-18(16-22)10-14-20/h5,7-15H,1-4,6H2. The summed E-state index contributed by atoms with van der Waals surface area (Å²) in [5.74, 6) is 0. The fourth-order valence-electron chi connectivity index (χ4n) is 2.43. The van der Waals surface area contributed by atoms with Gasteiger partial charge in [-0.2, -0.15) is 5.26 Å². The molecule has 0 spiro atoms. The third kappa shape index (κ3) is 4.86. The van der Waals surface area contributed by atoms with E-state index in [2.05, 4.69) is 30.3 Å². The first kappa shape index (κ1) is 16.0. The van der Waals surface area contributed by atoms with Gasteiger partial charge in [0, 0.05) is 0 Å². The molecular weight excluding hydrogens is 273 g/mol. The van der Waals surface area contributed by atoms with Gasteiger partial charge >= 0.3 is 0 Å². The van der Waals surface area contributed by atoms with Crippen molar-refractivity contribution < 1.29 is 4.39 Å². The predicted molar refractivity (Wildman–Crippen MR) is 89.0 cm³/mol. The fourth-order valence-corrected chi connectivity index (χ4v) is 2.43. The van der Waals surface area contributed by atoms with Crippen molar-refractivity contribution in [2.24, 2.45) is 0 Å². The molecule has 0 fully saturated rings. The van der Waals surface area contributed by atoms with Gasteiger partial charge in [0.25, 0.3) is 0 Å². The third-order valence-corrected chi connectivity index (χ3v) is 3.73. The van der Waals surface area contributed by atoms with E-state index in [1.807, 2.05) is 24.3 Å². The molecule has 0 atom stereocenters. The van der Waals surface area contributed by atoms with E-state index in [9.17, 15) is 4.39 Å². The molecule has 0 unspecified atom stereocenters. The highest BCUT2D eigenvalue weighted by Gasteiger charge is 1.99. The van der Waals surface area contributed by atoms with Crippen molar-refractivity contribution in [2.45, 2.75) is 32.1 Å². The first-order valence-corrected chi connectivity index (χ1v) is 7.68. The summed E-state index contributed by atoms with van der Waals surface area (Å²) in [6.45, 7) is 0. The van der Waals surface area contributed by atoms with E-state index in [0.717, 1.165) is 37.7 Å². The zero-order chi connectivity index (χ0) is 15.6. The van der Waals surface area contributed by atoms with Gasteiger partial charge in [-0.1, -0.05) is 48.9 Å². The molecule has 0 radical (unpaired) electrons. The number of unbranched alkanes of at least 4 members (excludes halogenated alkanes) is 3. The summed E-state index contributed by atoms with van der Waals surface area (Å²) in [5, 5.41) is 8.81. The van der Waals surface area contributed by atoms with Gasteiger partial charge in [0.05, 0.1) is 18.0 Å². The van der Waals surface area contributed by atoms with Crippen LogP contribution >= 0.6 is 0 Å². The third-order valence-electron chi connectivity index (χ3n) is 3.73. The maximum Gasteiger partial charge on any atom is 0.0991 e. The molecule has 2 aromatic carbocycles. The van der Waals surface area contributed by atoms with E-state index in [1.165, 1.54) is 11.1 Å². The maximum atomic E-state index is 11.8. The van der Waals surface area contributed by atoms with Gasteiger partial charge in [-0.3, -0.25) is 0 Å². The second kappa shape index (κ2) is 8.79. The average molecular weight is 293 g/mol. The molecule has 0 aromatic heterocycles. The molecule has 0 aliphatic heterocycles. The second-order valence-electron chi connectivity index (χ2n) is 5.35. The summed E-state index contributed by atoms with van der Waals surface area (Å²) in [5.41, 5.74) is 4.31. The molecule has 112 valence electrons. The zero-order valence-corrected chi connectivity index (χ0v) is 12.6. The predicted octanol–water partition coefficient (Wildman–Crippen LogP) is 5.81. The Hall–Kier alpha value is -2.40. The van der Waals surface area contributed by atoms with Crippen molar-refractivity contribution in [2.75, 3.05) is 0 Å². The molecule has 0 aliphatic carbocycles. The van der Waals surface area contributed by atoms with Gasteiger partial charge in [0.1, 0.15) is 0 Å².